The summed E-state index contributed by atoms with van der Waals surface area (Å²) in [4.78, 5) is 12.1. The van der Waals surface area contributed by atoms with Crippen LogP contribution in [0.3, 0.4) is 0 Å². The Morgan fingerprint density at radius 3 is 2.38 bits per heavy atom. The molecule has 1 atom stereocenters. The van der Waals surface area contributed by atoms with Gasteiger partial charge in [-0.25, -0.2) is 4.79 Å². The van der Waals surface area contributed by atoms with Gasteiger partial charge in [-0.3, -0.25) is 0 Å². The Morgan fingerprint density at radius 2 is 1.67 bits per heavy atom. The fraction of sp³-hybridized carbons (Fsp3) is 0.235. The minimum absolute atomic E-state index is 0.184. The maximum absolute atomic E-state index is 12.1. The van der Waals surface area contributed by atoms with E-state index in [0.717, 1.165) is 23.5 Å². The van der Waals surface area contributed by atoms with E-state index in [2.05, 4.69) is 29.8 Å². The lowest BCUT2D eigenvalue weighted by Crippen LogP contribution is -2.23. The van der Waals surface area contributed by atoms with Gasteiger partial charge in [-0.05, 0) is 37.2 Å². The number of para-hydroxylation sites is 2. The number of benzene rings is 2. The van der Waals surface area contributed by atoms with Crippen molar-refractivity contribution in [2.24, 2.45) is 0 Å². The summed E-state index contributed by atoms with van der Waals surface area (Å²) in [6, 6.07) is 17.2. The number of rotatable bonds is 5. The van der Waals surface area contributed by atoms with Crippen LogP contribution >= 0.6 is 0 Å². The highest BCUT2D eigenvalue weighted by atomic mass is 16.2. The molecule has 110 valence electrons. The maximum Gasteiger partial charge on any atom is 0.323 e. The molecule has 0 aliphatic rings. The Labute approximate surface area is 125 Å². The van der Waals surface area contributed by atoms with Crippen molar-refractivity contribution in [3.8, 4) is 0 Å². The molecule has 0 saturated carbocycles. The first-order chi connectivity index (χ1) is 10.2. The first-order valence-electron chi connectivity index (χ1n) is 7.16. The van der Waals surface area contributed by atoms with Crippen LogP contribution in [0.2, 0.25) is 0 Å². The zero-order valence-corrected chi connectivity index (χ0v) is 12.4. The van der Waals surface area contributed by atoms with Crippen LogP contribution < -0.4 is 16.0 Å². The van der Waals surface area contributed by atoms with Crippen LogP contribution in [-0.4, -0.2) is 12.6 Å². The fourth-order valence-corrected chi connectivity index (χ4v) is 2.21. The number of carbonyl (C=O) groups is 1. The summed E-state index contributed by atoms with van der Waals surface area (Å²) in [5, 5.41) is 9.08. The molecule has 0 saturated heterocycles. The molecule has 0 aliphatic carbocycles. The lowest BCUT2D eigenvalue weighted by atomic mass is 10.1. The molecule has 0 aromatic heterocycles. The predicted octanol–water partition coefficient (Wildman–Crippen LogP) is 4.00. The zero-order chi connectivity index (χ0) is 15.1. The summed E-state index contributed by atoms with van der Waals surface area (Å²) in [6.45, 7) is 5.03. The third kappa shape index (κ3) is 4.33. The molecule has 0 bridgehead atoms. The van der Waals surface area contributed by atoms with E-state index >= 15 is 0 Å². The molecule has 4 nitrogen and oxygen atoms in total. The molecular weight excluding hydrogens is 262 g/mol. The van der Waals surface area contributed by atoms with Crippen LogP contribution in [0.4, 0.5) is 16.2 Å². The molecule has 3 N–H and O–H groups in total. The molecular formula is C17H21N3O. The van der Waals surface area contributed by atoms with Gasteiger partial charge in [0.15, 0.2) is 0 Å². The van der Waals surface area contributed by atoms with Crippen molar-refractivity contribution in [3.63, 3.8) is 0 Å². The fourth-order valence-electron chi connectivity index (χ4n) is 2.21. The Hall–Kier alpha value is -2.33. The highest BCUT2D eigenvalue weighted by Crippen LogP contribution is 2.22. The summed E-state index contributed by atoms with van der Waals surface area (Å²) in [5.74, 6) is 0. The second-order valence-corrected chi connectivity index (χ2v) is 4.81. The molecule has 0 fully saturated rings. The SMILES string of the molecule is CCNC(C)c1ccccc1NC(=O)Nc1ccccc1. The van der Waals surface area contributed by atoms with Crippen molar-refractivity contribution < 1.29 is 4.79 Å². The molecule has 2 amide bonds. The Morgan fingerprint density at radius 1 is 1.00 bits per heavy atom. The smallest absolute Gasteiger partial charge is 0.310 e. The maximum atomic E-state index is 12.1. The molecule has 2 aromatic rings. The van der Waals surface area contributed by atoms with Gasteiger partial charge in [-0.1, -0.05) is 43.3 Å². The van der Waals surface area contributed by atoms with Gasteiger partial charge in [0.05, 0.1) is 0 Å². The summed E-state index contributed by atoms with van der Waals surface area (Å²) in [5.41, 5.74) is 2.66. The van der Waals surface area contributed by atoms with Crippen LogP contribution in [-0.2, 0) is 0 Å². The molecule has 0 radical (unpaired) electrons. The Bertz CT molecular complexity index is 584. The van der Waals surface area contributed by atoms with E-state index in [1.807, 2.05) is 54.6 Å². The van der Waals surface area contributed by atoms with Gasteiger partial charge in [0.2, 0.25) is 0 Å². The van der Waals surface area contributed by atoms with E-state index in [9.17, 15) is 4.79 Å². The number of carbonyl (C=O) groups excluding carboxylic acids is 1. The highest BCUT2D eigenvalue weighted by Gasteiger charge is 2.11. The molecule has 21 heavy (non-hydrogen) atoms. The van der Waals surface area contributed by atoms with Crippen molar-refractivity contribution in [3.05, 3.63) is 60.2 Å². The first-order valence-corrected chi connectivity index (χ1v) is 7.16. The quantitative estimate of drug-likeness (QED) is 0.777. The number of anilines is 2. The minimum atomic E-state index is -0.239. The number of hydrogen-bond donors (Lipinski definition) is 3. The number of amides is 2. The van der Waals surface area contributed by atoms with Crippen molar-refractivity contribution in [2.75, 3.05) is 17.2 Å². The lowest BCUT2D eigenvalue weighted by Gasteiger charge is -2.18. The highest BCUT2D eigenvalue weighted by molar-refractivity contribution is 6.00. The number of nitrogens with one attached hydrogen (secondary N) is 3. The van der Waals surface area contributed by atoms with E-state index in [4.69, 9.17) is 0 Å². The van der Waals surface area contributed by atoms with Gasteiger partial charge >= 0.3 is 6.03 Å². The van der Waals surface area contributed by atoms with Gasteiger partial charge in [0.1, 0.15) is 0 Å². The molecule has 1 unspecified atom stereocenters. The lowest BCUT2D eigenvalue weighted by molar-refractivity contribution is 0.262. The largest absolute Gasteiger partial charge is 0.323 e. The molecule has 0 heterocycles. The standard InChI is InChI=1S/C17H21N3O/c1-3-18-13(2)15-11-7-8-12-16(15)20-17(21)19-14-9-5-4-6-10-14/h4-13,18H,3H2,1-2H3,(H2,19,20,21). The van der Waals surface area contributed by atoms with Crippen molar-refractivity contribution >= 4 is 17.4 Å². The van der Waals surface area contributed by atoms with Gasteiger partial charge in [-0.2, -0.15) is 0 Å². The van der Waals surface area contributed by atoms with Crippen molar-refractivity contribution in [1.82, 2.24) is 5.32 Å². The minimum Gasteiger partial charge on any atom is -0.310 e. The Balaban J connectivity index is 2.07. The van der Waals surface area contributed by atoms with Gasteiger partial charge < -0.3 is 16.0 Å². The van der Waals surface area contributed by atoms with Crippen molar-refractivity contribution in [2.45, 2.75) is 19.9 Å². The van der Waals surface area contributed by atoms with Crippen LogP contribution in [0, 0.1) is 0 Å². The molecule has 0 aliphatic heterocycles. The average molecular weight is 283 g/mol. The van der Waals surface area contributed by atoms with Crippen molar-refractivity contribution in [1.29, 1.82) is 0 Å². The third-order valence-corrected chi connectivity index (χ3v) is 3.22. The summed E-state index contributed by atoms with van der Waals surface area (Å²) in [6.07, 6.45) is 0. The zero-order valence-electron chi connectivity index (χ0n) is 12.4. The van der Waals surface area contributed by atoms with Crippen LogP contribution in [0.5, 0.6) is 0 Å². The number of urea groups is 1. The van der Waals surface area contributed by atoms with Crippen LogP contribution in [0.1, 0.15) is 25.5 Å². The summed E-state index contributed by atoms with van der Waals surface area (Å²) < 4.78 is 0. The summed E-state index contributed by atoms with van der Waals surface area (Å²) in [7, 11) is 0. The molecule has 2 aromatic carbocycles. The number of hydrogen-bond acceptors (Lipinski definition) is 2. The molecule has 2 rings (SSSR count). The first kappa shape index (κ1) is 15.1. The average Bonchev–Trinajstić information content (AvgIpc) is 2.49. The van der Waals surface area contributed by atoms with Gasteiger partial charge in [0, 0.05) is 17.4 Å². The summed E-state index contributed by atoms with van der Waals surface area (Å²) >= 11 is 0. The Kier molecular flexibility index (Phi) is 5.35. The second-order valence-electron chi connectivity index (χ2n) is 4.81. The molecule has 0 spiro atoms. The van der Waals surface area contributed by atoms with E-state index in [-0.39, 0.29) is 12.1 Å². The van der Waals surface area contributed by atoms with E-state index in [1.54, 1.807) is 0 Å². The monoisotopic (exact) mass is 283 g/mol. The van der Waals surface area contributed by atoms with Gasteiger partial charge in [0.25, 0.3) is 0 Å². The second kappa shape index (κ2) is 7.45. The van der Waals surface area contributed by atoms with E-state index in [0.29, 0.717) is 0 Å². The molecule has 4 heteroatoms. The van der Waals surface area contributed by atoms with E-state index in [1.165, 1.54) is 0 Å². The third-order valence-electron chi connectivity index (χ3n) is 3.22. The normalized spacial score (nSPS) is 11.7. The predicted molar refractivity (Wildman–Crippen MR) is 87.6 cm³/mol. The van der Waals surface area contributed by atoms with Crippen LogP contribution in [0.25, 0.3) is 0 Å². The van der Waals surface area contributed by atoms with Crippen LogP contribution in [0.15, 0.2) is 54.6 Å². The van der Waals surface area contributed by atoms with Gasteiger partial charge in [-0.15, -0.1) is 0 Å². The topological polar surface area (TPSA) is 53.2 Å². The van der Waals surface area contributed by atoms with E-state index < -0.39 is 0 Å².